The van der Waals surface area contributed by atoms with Crippen molar-refractivity contribution in [3.05, 3.63) is 94.5 Å². The van der Waals surface area contributed by atoms with E-state index in [4.69, 9.17) is 4.74 Å². The predicted molar refractivity (Wildman–Crippen MR) is 136 cm³/mol. The van der Waals surface area contributed by atoms with E-state index in [0.29, 0.717) is 11.5 Å². The third-order valence-electron chi connectivity index (χ3n) is 5.96. The Morgan fingerprint density at radius 2 is 1.15 bits per heavy atom. The van der Waals surface area contributed by atoms with E-state index in [1.807, 2.05) is 75.9 Å². The Morgan fingerprint density at radius 3 is 1.71 bits per heavy atom. The highest BCUT2D eigenvalue weighted by atomic mass is 16.5. The SMILES string of the molecule is Cc1cc(O)c(C)c(N(c2cccc(Oc3ccc(O)c(C)c3)c2)c2cc(C)cc(O)c2C)c1. The number of anilines is 3. The minimum Gasteiger partial charge on any atom is -0.508 e. The molecule has 4 aromatic carbocycles. The molecule has 0 amide bonds. The lowest BCUT2D eigenvalue weighted by Gasteiger charge is -2.30. The first-order valence-electron chi connectivity index (χ1n) is 11.1. The fraction of sp³-hybridized carbons (Fsp3) is 0.172. The van der Waals surface area contributed by atoms with Crippen LogP contribution in [0.5, 0.6) is 28.7 Å². The van der Waals surface area contributed by atoms with Gasteiger partial charge in [-0.1, -0.05) is 6.07 Å². The van der Waals surface area contributed by atoms with Crippen LogP contribution in [0.25, 0.3) is 0 Å². The van der Waals surface area contributed by atoms with Gasteiger partial charge in [0, 0.05) is 22.9 Å². The Bertz CT molecular complexity index is 1320. The Hall–Kier alpha value is -4.12. The van der Waals surface area contributed by atoms with Crippen LogP contribution in [-0.4, -0.2) is 15.3 Å². The molecular weight excluding hydrogens is 426 g/mol. The highest BCUT2D eigenvalue weighted by Crippen LogP contribution is 2.44. The van der Waals surface area contributed by atoms with Crippen molar-refractivity contribution in [2.24, 2.45) is 0 Å². The van der Waals surface area contributed by atoms with Gasteiger partial charge in [0.05, 0.1) is 11.4 Å². The molecule has 0 spiro atoms. The molecule has 0 radical (unpaired) electrons. The average Bonchev–Trinajstić information content (AvgIpc) is 2.78. The summed E-state index contributed by atoms with van der Waals surface area (Å²) in [5.74, 6) is 1.88. The lowest BCUT2D eigenvalue weighted by atomic mass is 10.0. The third kappa shape index (κ3) is 4.50. The van der Waals surface area contributed by atoms with Gasteiger partial charge in [-0.15, -0.1) is 0 Å². The fourth-order valence-corrected chi connectivity index (χ4v) is 4.03. The summed E-state index contributed by atoms with van der Waals surface area (Å²) in [6.07, 6.45) is 0. The zero-order valence-corrected chi connectivity index (χ0v) is 20.0. The Labute approximate surface area is 200 Å². The predicted octanol–water partition coefficient (Wildman–Crippen LogP) is 7.61. The molecule has 3 N–H and O–H groups in total. The van der Waals surface area contributed by atoms with Crippen LogP contribution in [0.1, 0.15) is 27.8 Å². The zero-order chi connectivity index (χ0) is 24.6. The van der Waals surface area contributed by atoms with E-state index in [9.17, 15) is 15.3 Å². The molecule has 174 valence electrons. The molecule has 4 rings (SSSR count). The zero-order valence-electron chi connectivity index (χ0n) is 20.0. The van der Waals surface area contributed by atoms with Gasteiger partial charge < -0.3 is 25.0 Å². The number of phenols is 3. The minimum absolute atomic E-state index is 0.210. The van der Waals surface area contributed by atoms with Crippen molar-refractivity contribution in [3.63, 3.8) is 0 Å². The van der Waals surface area contributed by atoms with E-state index >= 15 is 0 Å². The average molecular weight is 456 g/mol. The van der Waals surface area contributed by atoms with Crippen LogP contribution in [0.15, 0.2) is 66.7 Å². The molecule has 5 heteroatoms. The number of hydrogen-bond acceptors (Lipinski definition) is 5. The van der Waals surface area contributed by atoms with Gasteiger partial charge in [-0.2, -0.15) is 0 Å². The molecule has 0 heterocycles. The topological polar surface area (TPSA) is 73.2 Å². The van der Waals surface area contributed by atoms with Crippen molar-refractivity contribution < 1.29 is 20.1 Å². The maximum atomic E-state index is 10.6. The molecule has 0 bridgehead atoms. The lowest BCUT2D eigenvalue weighted by Crippen LogP contribution is -2.13. The molecule has 34 heavy (non-hydrogen) atoms. The summed E-state index contributed by atoms with van der Waals surface area (Å²) in [6, 6.07) is 20.3. The summed E-state index contributed by atoms with van der Waals surface area (Å²) in [6.45, 7) is 9.45. The van der Waals surface area contributed by atoms with Gasteiger partial charge in [-0.3, -0.25) is 0 Å². The van der Waals surface area contributed by atoms with E-state index in [1.165, 1.54) is 0 Å². The second-order valence-corrected chi connectivity index (χ2v) is 8.74. The third-order valence-corrected chi connectivity index (χ3v) is 5.96. The van der Waals surface area contributed by atoms with Gasteiger partial charge in [0.1, 0.15) is 28.7 Å². The Morgan fingerprint density at radius 1 is 0.588 bits per heavy atom. The second kappa shape index (κ2) is 9.02. The monoisotopic (exact) mass is 455 g/mol. The lowest BCUT2D eigenvalue weighted by molar-refractivity contribution is 0.460. The van der Waals surface area contributed by atoms with Crippen LogP contribution >= 0.6 is 0 Å². The Balaban J connectivity index is 1.88. The first-order chi connectivity index (χ1) is 16.1. The summed E-state index contributed by atoms with van der Waals surface area (Å²) < 4.78 is 6.10. The number of hydrogen-bond donors (Lipinski definition) is 3. The molecule has 0 unspecified atom stereocenters. The number of phenolic OH excluding ortho intramolecular Hbond substituents is 3. The summed E-state index contributed by atoms with van der Waals surface area (Å²) in [5, 5.41) is 31.0. The number of nitrogens with zero attached hydrogens (tertiary/aromatic N) is 1. The van der Waals surface area contributed by atoms with Gasteiger partial charge in [-0.25, -0.2) is 0 Å². The number of aryl methyl sites for hydroxylation is 3. The van der Waals surface area contributed by atoms with Gasteiger partial charge in [0.2, 0.25) is 0 Å². The van der Waals surface area contributed by atoms with Crippen LogP contribution < -0.4 is 9.64 Å². The number of aromatic hydroxyl groups is 3. The van der Waals surface area contributed by atoms with E-state index in [-0.39, 0.29) is 17.2 Å². The molecule has 0 aromatic heterocycles. The maximum Gasteiger partial charge on any atom is 0.129 e. The number of rotatable bonds is 5. The first kappa shape index (κ1) is 23.1. The normalized spacial score (nSPS) is 10.9. The molecule has 0 fully saturated rings. The number of benzene rings is 4. The van der Waals surface area contributed by atoms with Crippen LogP contribution in [0.2, 0.25) is 0 Å². The molecule has 0 aliphatic heterocycles. The van der Waals surface area contributed by atoms with Gasteiger partial charge in [0.25, 0.3) is 0 Å². The van der Waals surface area contributed by atoms with Gasteiger partial charge in [0.15, 0.2) is 0 Å². The maximum absolute atomic E-state index is 10.6. The molecule has 0 aliphatic carbocycles. The second-order valence-electron chi connectivity index (χ2n) is 8.74. The van der Waals surface area contributed by atoms with Crippen LogP contribution in [-0.2, 0) is 0 Å². The van der Waals surface area contributed by atoms with Gasteiger partial charge in [-0.05, 0) is 106 Å². The van der Waals surface area contributed by atoms with Crippen molar-refractivity contribution in [1.29, 1.82) is 0 Å². The van der Waals surface area contributed by atoms with Crippen LogP contribution in [0.3, 0.4) is 0 Å². The number of ether oxygens (including phenoxy) is 1. The molecule has 5 nitrogen and oxygen atoms in total. The Kier molecular flexibility index (Phi) is 6.12. The smallest absolute Gasteiger partial charge is 0.129 e. The van der Waals surface area contributed by atoms with Crippen molar-refractivity contribution in [3.8, 4) is 28.7 Å². The summed E-state index contributed by atoms with van der Waals surface area (Å²) in [7, 11) is 0. The van der Waals surface area contributed by atoms with Crippen LogP contribution in [0.4, 0.5) is 17.1 Å². The largest absolute Gasteiger partial charge is 0.508 e. The van der Waals surface area contributed by atoms with E-state index in [0.717, 1.165) is 44.9 Å². The van der Waals surface area contributed by atoms with E-state index in [1.54, 1.807) is 30.3 Å². The summed E-state index contributed by atoms with van der Waals surface area (Å²) in [4.78, 5) is 2.03. The summed E-state index contributed by atoms with van der Waals surface area (Å²) >= 11 is 0. The van der Waals surface area contributed by atoms with Crippen molar-refractivity contribution in [2.45, 2.75) is 34.6 Å². The quantitative estimate of drug-likeness (QED) is 0.289. The van der Waals surface area contributed by atoms with Crippen LogP contribution in [0, 0.1) is 34.6 Å². The fourth-order valence-electron chi connectivity index (χ4n) is 4.03. The standard InChI is InChI=1S/C29H29NO4/c1-17-11-25(20(4)28(32)13-17)30(26-12-18(2)14-29(33)21(26)5)22-7-6-8-23(16-22)34-24-9-10-27(31)19(3)15-24/h6-16,31-33H,1-5H3. The highest BCUT2D eigenvalue weighted by Gasteiger charge is 2.21. The highest BCUT2D eigenvalue weighted by molar-refractivity contribution is 5.83. The van der Waals surface area contributed by atoms with E-state index in [2.05, 4.69) is 0 Å². The van der Waals surface area contributed by atoms with Gasteiger partial charge >= 0.3 is 0 Å². The molecule has 0 atom stereocenters. The van der Waals surface area contributed by atoms with E-state index < -0.39 is 0 Å². The first-order valence-corrected chi connectivity index (χ1v) is 11.1. The van der Waals surface area contributed by atoms with Crippen molar-refractivity contribution >= 4 is 17.1 Å². The molecule has 4 aromatic rings. The summed E-state index contributed by atoms with van der Waals surface area (Å²) in [5.41, 5.74) is 6.46. The molecule has 0 aliphatic rings. The molecule has 0 saturated heterocycles. The van der Waals surface area contributed by atoms with Crippen molar-refractivity contribution in [2.75, 3.05) is 4.90 Å². The molecular formula is C29H29NO4. The minimum atomic E-state index is 0.210. The molecule has 0 saturated carbocycles. The van der Waals surface area contributed by atoms with Crippen molar-refractivity contribution in [1.82, 2.24) is 0 Å².